The second-order valence-corrected chi connectivity index (χ2v) is 6.89. The van der Waals surface area contributed by atoms with Crippen LogP contribution in [0.5, 0.6) is 0 Å². The zero-order valence-corrected chi connectivity index (χ0v) is 15.0. The Kier molecular flexibility index (Phi) is 6.52. The molecule has 3 rings (SSSR count). The van der Waals surface area contributed by atoms with Crippen LogP contribution in [-0.2, 0) is 11.2 Å². The minimum absolute atomic E-state index is 0.131. The van der Waals surface area contributed by atoms with Crippen molar-refractivity contribution in [2.24, 2.45) is 5.73 Å². The number of carbonyl (C=O) groups is 1. The molecule has 0 aliphatic carbocycles. The molecule has 0 radical (unpaired) electrons. The Morgan fingerprint density at radius 1 is 1.32 bits per heavy atom. The van der Waals surface area contributed by atoms with Gasteiger partial charge in [-0.25, -0.2) is 4.98 Å². The Morgan fingerprint density at radius 3 is 2.80 bits per heavy atom. The number of nitrogens with two attached hydrogens (primary N) is 1. The molecule has 25 heavy (non-hydrogen) atoms. The van der Waals surface area contributed by atoms with Gasteiger partial charge in [0, 0.05) is 31.4 Å². The van der Waals surface area contributed by atoms with Crippen LogP contribution in [0, 0.1) is 0 Å². The van der Waals surface area contributed by atoms with Crippen molar-refractivity contribution in [1.82, 2.24) is 15.2 Å². The van der Waals surface area contributed by atoms with E-state index in [1.54, 1.807) is 5.38 Å². The summed E-state index contributed by atoms with van der Waals surface area (Å²) in [6.07, 6.45) is 0.707. The van der Waals surface area contributed by atoms with E-state index in [1.165, 1.54) is 16.9 Å². The Labute approximate surface area is 152 Å². The van der Waals surface area contributed by atoms with Gasteiger partial charge in [-0.15, -0.1) is 11.3 Å². The maximum atomic E-state index is 12.4. The van der Waals surface area contributed by atoms with Crippen molar-refractivity contribution in [1.29, 1.82) is 0 Å². The van der Waals surface area contributed by atoms with Crippen LogP contribution in [0.1, 0.15) is 27.1 Å². The predicted molar refractivity (Wildman–Crippen MR) is 98.8 cm³/mol. The summed E-state index contributed by atoms with van der Waals surface area (Å²) in [7, 11) is 0. The molecular weight excluding hydrogens is 336 g/mol. The summed E-state index contributed by atoms with van der Waals surface area (Å²) in [6.45, 7) is 4.28. The fourth-order valence-corrected chi connectivity index (χ4v) is 3.75. The summed E-state index contributed by atoms with van der Waals surface area (Å²) >= 11 is 1.48. The van der Waals surface area contributed by atoms with E-state index in [9.17, 15) is 4.79 Å². The number of hydrogen-bond donors (Lipinski definition) is 2. The standard InChI is InChI=1S/C18H24N4O2S/c19-7-6-17-21-15(13-25-17)18(23)20-12-16(14-4-2-1-3-5-14)22-8-10-24-11-9-22/h1-5,13,16H,6-12,19H2,(H,20,23). The van der Waals surface area contributed by atoms with Crippen LogP contribution in [0.3, 0.4) is 0 Å². The maximum Gasteiger partial charge on any atom is 0.270 e. The summed E-state index contributed by atoms with van der Waals surface area (Å²) in [5.74, 6) is -0.131. The number of benzene rings is 1. The van der Waals surface area contributed by atoms with Gasteiger partial charge < -0.3 is 15.8 Å². The maximum absolute atomic E-state index is 12.4. The molecule has 1 aliphatic rings. The normalized spacial score (nSPS) is 16.5. The van der Waals surface area contributed by atoms with Crippen LogP contribution in [0.15, 0.2) is 35.7 Å². The molecule has 1 amide bonds. The highest BCUT2D eigenvalue weighted by Gasteiger charge is 2.23. The predicted octanol–water partition coefficient (Wildman–Crippen LogP) is 1.45. The van der Waals surface area contributed by atoms with Crippen molar-refractivity contribution < 1.29 is 9.53 Å². The van der Waals surface area contributed by atoms with E-state index in [0.717, 1.165) is 31.3 Å². The van der Waals surface area contributed by atoms with Gasteiger partial charge in [-0.1, -0.05) is 30.3 Å². The van der Waals surface area contributed by atoms with Crippen molar-refractivity contribution in [2.45, 2.75) is 12.5 Å². The zero-order chi connectivity index (χ0) is 17.5. The molecule has 0 bridgehead atoms. The van der Waals surface area contributed by atoms with Crippen LogP contribution in [0.2, 0.25) is 0 Å². The molecule has 2 heterocycles. The molecule has 1 fully saturated rings. The number of ether oxygens (including phenoxy) is 1. The summed E-state index contributed by atoms with van der Waals surface area (Å²) in [5.41, 5.74) is 7.22. The number of aromatic nitrogens is 1. The van der Waals surface area contributed by atoms with Gasteiger partial charge in [0.25, 0.3) is 5.91 Å². The third-order valence-corrected chi connectivity index (χ3v) is 5.18. The third-order valence-electron chi connectivity index (χ3n) is 4.27. The lowest BCUT2D eigenvalue weighted by atomic mass is 10.0. The highest BCUT2D eigenvalue weighted by Crippen LogP contribution is 2.21. The molecule has 0 saturated carbocycles. The van der Waals surface area contributed by atoms with Gasteiger partial charge in [0.1, 0.15) is 5.69 Å². The van der Waals surface area contributed by atoms with E-state index in [2.05, 4.69) is 27.3 Å². The number of thiazole rings is 1. The van der Waals surface area contributed by atoms with Crippen molar-refractivity contribution >= 4 is 17.2 Å². The van der Waals surface area contributed by atoms with Crippen LogP contribution >= 0.6 is 11.3 Å². The molecule has 1 aromatic heterocycles. The number of morpholine rings is 1. The SMILES string of the molecule is NCCc1nc(C(=O)NCC(c2ccccc2)N2CCOCC2)cs1. The summed E-state index contributed by atoms with van der Waals surface area (Å²) in [6, 6.07) is 10.4. The van der Waals surface area contributed by atoms with Gasteiger partial charge in [-0.2, -0.15) is 0 Å². The molecule has 1 atom stereocenters. The first kappa shape index (κ1) is 18.0. The Hall–Kier alpha value is -1.80. The number of nitrogens with zero attached hydrogens (tertiary/aromatic N) is 2. The Balaban J connectivity index is 1.66. The number of rotatable bonds is 7. The highest BCUT2D eigenvalue weighted by molar-refractivity contribution is 7.09. The van der Waals surface area contributed by atoms with Crippen molar-refractivity contribution in [3.8, 4) is 0 Å². The molecule has 2 aromatic rings. The van der Waals surface area contributed by atoms with Gasteiger partial charge in [0.2, 0.25) is 0 Å². The summed E-state index contributed by atoms with van der Waals surface area (Å²) < 4.78 is 5.46. The van der Waals surface area contributed by atoms with Gasteiger partial charge in [-0.3, -0.25) is 9.69 Å². The summed E-state index contributed by atoms with van der Waals surface area (Å²) in [4.78, 5) is 19.2. The second kappa shape index (κ2) is 9.05. The molecule has 7 heteroatoms. The van der Waals surface area contributed by atoms with Crippen molar-refractivity contribution in [3.63, 3.8) is 0 Å². The minimum atomic E-state index is -0.131. The van der Waals surface area contributed by atoms with Crippen LogP contribution in [0.4, 0.5) is 0 Å². The molecule has 0 spiro atoms. The number of hydrogen-bond acceptors (Lipinski definition) is 6. The van der Waals surface area contributed by atoms with E-state index in [1.807, 2.05) is 18.2 Å². The van der Waals surface area contributed by atoms with Gasteiger partial charge >= 0.3 is 0 Å². The van der Waals surface area contributed by atoms with Gasteiger partial charge in [0.15, 0.2) is 0 Å². The average Bonchev–Trinajstić information content (AvgIpc) is 3.13. The van der Waals surface area contributed by atoms with Crippen LogP contribution < -0.4 is 11.1 Å². The lowest BCUT2D eigenvalue weighted by Gasteiger charge is -2.34. The lowest BCUT2D eigenvalue weighted by molar-refractivity contribution is 0.0162. The monoisotopic (exact) mass is 360 g/mol. The van der Waals surface area contributed by atoms with E-state index >= 15 is 0 Å². The lowest BCUT2D eigenvalue weighted by Crippen LogP contribution is -2.43. The van der Waals surface area contributed by atoms with E-state index in [0.29, 0.717) is 25.2 Å². The number of nitrogens with one attached hydrogen (secondary N) is 1. The molecule has 1 unspecified atom stereocenters. The molecular formula is C18H24N4O2S. The first-order chi connectivity index (χ1) is 12.3. The topological polar surface area (TPSA) is 80.5 Å². The minimum Gasteiger partial charge on any atom is -0.379 e. The highest BCUT2D eigenvalue weighted by atomic mass is 32.1. The summed E-state index contributed by atoms with van der Waals surface area (Å²) in [5, 5.41) is 5.74. The zero-order valence-electron chi connectivity index (χ0n) is 14.2. The number of amides is 1. The molecule has 3 N–H and O–H groups in total. The fourth-order valence-electron chi connectivity index (χ4n) is 2.96. The van der Waals surface area contributed by atoms with E-state index in [-0.39, 0.29) is 11.9 Å². The molecule has 134 valence electrons. The third kappa shape index (κ3) is 4.85. The van der Waals surface area contributed by atoms with Crippen molar-refractivity contribution in [3.05, 3.63) is 52.0 Å². The molecule has 1 aromatic carbocycles. The first-order valence-corrected chi connectivity index (χ1v) is 9.45. The van der Waals surface area contributed by atoms with Gasteiger partial charge in [-0.05, 0) is 12.1 Å². The number of carbonyl (C=O) groups excluding carboxylic acids is 1. The average molecular weight is 360 g/mol. The van der Waals surface area contributed by atoms with E-state index in [4.69, 9.17) is 10.5 Å². The molecule has 6 nitrogen and oxygen atoms in total. The Bertz CT molecular complexity index is 671. The largest absolute Gasteiger partial charge is 0.379 e. The second-order valence-electron chi connectivity index (χ2n) is 5.95. The molecule has 1 saturated heterocycles. The quantitative estimate of drug-likeness (QED) is 0.781. The van der Waals surface area contributed by atoms with Crippen LogP contribution in [-0.4, -0.2) is 55.2 Å². The fraction of sp³-hybridized carbons (Fsp3) is 0.444. The van der Waals surface area contributed by atoms with Gasteiger partial charge in [0.05, 0.1) is 24.3 Å². The molecule has 1 aliphatic heterocycles. The van der Waals surface area contributed by atoms with Crippen LogP contribution in [0.25, 0.3) is 0 Å². The first-order valence-electron chi connectivity index (χ1n) is 8.57. The van der Waals surface area contributed by atoms with Crippen molar-refractivity contribution in [2.75, 3.05) is 39.4 Å². The Morgan fingerprint density at radius 2 is 2.08 bits per heavy atom. The smallest absolute Gasteiger partial charge is 0.270 e. The van der Waals surface area contributed by atoms with E-state index < -0.39 is 0 Å².